The van der Waals surface area contributed by atoms with E-state index in [0.717, 1.165) is 42.5 Å². The predicted octanol–water partition coefficient (Wildman–Crippen LogP) is 9.26. The largest absolute Gasteiger partial charge is 0.465 e. The van der Waals surface area contributed by atoms with E-state index in [1.165, 1.54) is 0 Å². The summed E-state index contributed by atoms with van der Waals surface area (Å²) in [6.07, 6.45) is 7.65. The van der Waals surface area contributed by atoms with E-state index in [9.17, 15) is 9.59 Å². The first-order valence-corrected chi connectivity index (χ1v) is 16.9. The van der Waals surface area contributed by atoms with Crippen LogP contribution in [0, 0.1) is 41.4 Å². The van der Waals surface area contributed by atoms with Crippen molar-refractivity contribution in [1.82, 2.24) is 9.55 Å². The molecule has 45 heavy (non-hydrogen) atoms. The highest BCUT2D eigenvalue weighted by atomic mass is 16.6. The zero-order chi connectivity index (χ0) is 32.9. The van der Waals surface area contributed by atoms with Crippen molar-refractivity contribution in [2.75, 3.05) is 13.2 Å². The molecule has 0 radical (unpaired) electrons. The van der Waals surface area contributed by atoms with Crippen LogP contribution in [0.4, 0.5) is 0 Å². The van der Waals surface area contributed by atoms with Crippen molar-refractivity contribution < 1.29 is 19.1 Å². The number of hydrogen-bond acceptors (Lipinski definition) is 5. The third kappa shape index (κ3) is 11.2. The lowest BCUT2D eigenvalue weighted by Gasteiger charge is -2.29. The minimum absolute atomic E-state index is 0.211. The summed E-state index contributed by atoms with van der Waals surface area (Å²) in [4.78, 5) is 33.0. The number of aromatic nitrogens is 2. The van der Waals surface area contributed by atoms with Crippen LogP contribution in [0.2, 0.25) is 0 Å². The lowest BCUT2D eigenvalue weighted by Crippen LogP contribution is -2.38. The van der Waals surface area contributed by atoms with Gasteiger partial charge in [-0.05, 0) is 53.9 Å². The Bertz CT molecular complexity index is 1240. The summed E-state index contributed by atoms with van der Waals surface area (Å²) in [7, 11) is 0. The molecule has 2 aromatic carbocycles. The molecule has 1 heterocycles. The summed E-state index contributed by atoms with van der Waals surface area (Å²) in [5.74, 6) is -0.0485. The van der Waals surface area contributed by atoms with Crippen LogP contribution in [-0.4, -0.2) is 34.7 Å². The number of esters is 2. The second kappa shape index (κ2) is 17.9. The fourth-order valence-corrected chi connectivity index (χ4v) is 5.66. The van der Waals surface area contributed by atoms with Crippen molar-refractivity contribution in [3.05, 3.63) is 78.8 Å². The number of ether oxygens (including phenoxy) is 2. The van der Waals surface area contributed by atoms with Gasteiger partial charge in [0.05, 0.1) is 31.3 Å². The van der Waals surface area contributed by atoms with E-state index < -0.39 is 23.9 Å². The molecule has 0 fully saturated rings. The van der Waals surface area contributed by atoms with E-state index in [0.29, 0.717) is 23.7 Å². The minimum Gasteiger partial charge on any atom is -0.465 e. The second-order valence-electron chi connectivity index (χ2n) is 14.1. The summed E-state index contributed by atoms with van der Waals surface area (Å²) >= 11 is 0. The van der Waals surface area contributed by atoms with Gasteiger partial charge in [0.1, 0.15) is 0 Å². The Balaban J connectivity index is 1.98. The van der Waals surface area contributed by atoms with Gasteiger partial charge in [0, 0.05) is 11.8 Å². The van der Waals surface area contributed by atoms with Gasteiger partial charge in [-0.15, -0.1) is 0 Å². The monoisotopic (exact) mass is 616 g/mol. The molecule has 3 aromatic rings. The molecule has 3 rings (SSSR count). The van der Waals surface area contributed by atoms with Crippen LogP contribution in [0.5, 0.6) is 0 Å². The fraction of sp³-hybridized carbons (Fsp3) is 0.564. The number of nitrogens with zero attached hydrogens (tertiary/aromatic N) is 2. The Morgan fingerprint density at radius 1 is 0.667 bits per heavy atom. The van der Waals surface area contributed by atoms with Gasteiger partial charge in [-0.25, -0.2) is 4.98 Å². The normalized spacial score (nSPS) is 14.5. The number of imidazole rings is 1. The van der Waals surface area contributed by atoms with Gasteiger partial charge in [-0.3, -0.25) is 9.59 Å². The second-order valence-corrected chi connectivity index (χ2v) is 14.1. The van der Waals surface area contributed by atoms with E-state index in [1.807, 2.05) is 71.4 Å². The third-order valence-electron chi connectivity index (χ3n) is 8.95. The van der Waals surface area contributed by atoms with Gasteiger partial charge in [0.25, 0.3) is 0 Å². The van der Waals surface area contributed by atoms with Crippen LogP contribution in [0.15, 0.2) is 73.2 Å². The molecule has 0 aliphatic heterocycles. The average molecular weight is 617 g/mol. The summed E-state index contributed by atoms with van der Waals surface area (Å²) in [6.45, 7) is 18.0. The highest BCUT2D eigenvalue weighted by Gasteiger charge is 2.41. The standard InChI is InChI=1S/C39H56N2O4/c1-27(2)19-21-33(29(5)6)24-44-38(42)36(39(43)45-25-34(30(7)8)22-20-28(3)4)37(32-17-13-10-14-18-32)41-23-35(40-26-41)31-15-11-9-12-16-31/h9-18,23,26-30,33-34,36-37H,19-22,24-25H2,1-8H3. The number of carbonyl (C=O) groups is 2. The molecule has 3 unspecified atom stereocenters. The predicted molar refractivity (Wildman–Crippen MR) is 182 cm³/mol. The summed E-state index contributed by atoms with van der Waals surface area (Å²) < 4.78 is 14.0. The molecule has 1 aromatic heterocycles. The van der Waals surface area contributed by atoms with E-state index in [4.69, 9.17) is 9.47 Å². The van der Waals surface area contributed by atoms with Crippen molar-refractivity contribution in [3.8, 4) is 11.3 Å². The number of hydrogen-bond donors (Lipinski definition) is 0. The van der Waals surface area contributed by atoms with Gasteiger partial charge in [0.2, 0.25) is 0 Å². The highest BCUT2D eigenvalue weighted by Crippen LogP contribution is 2.32. The van der Waals surface area contributed by atoms with Crippen molar-refractivity contribution in [2.24, 2.45) is 41.4 Å². The molecule has 0 saturated carbocycles. The Hall–Kier alpha value is -3.41. The van der Waals surface area contributed by atoms with Gasteiger partial charge >= 0.3 is 11.9 Å². The molecular formula is C39H56N2O4. The molecule has 246 valence electrons. The average Bonchev–Trinajstić information content (AvgIpc) is 3.49. The molecule has 0 amide bonds. The fourth-order valence-electron chi connectivity index (χ4n) is 5.66. The third-order valence-corrected chi connectivity index (χ3v) is 8.95. The highest BCUT2D eigenvalue weighted by molar-refractivity contribution is 5.96. The van der Waals surface area contributed by atoms with Crippen LogP contribution >= 0.6 is 0 Å². The van der Waals surface area contributed by atoms with Crippen LogP contribution in [0.1, 0.15) is 92.7 Å². The molecule has 0 aliphatic carbocycles. The van der Waals surface area contributed by atoms with E-state index >= 15 is 0 Å². The van der Waals surface area contributed by atoms with E-state index in [2.05, 4.69) is 60.4 Å². The number of carbonyl (C=O) groups excluding carboxylic acids is 2. The van der Waals surface area contributed by atoms with E-state index in [-0.39, 0.29) is 25.0 Å². The molecule has 0 aliphatic rings. The zero-order valence-corrected chi connectivity index (χ0v) is 28.8. The van der Waals surface area contributed by atoms with Crippen LogP contribution in [0.3, 0.4) is 0 Å². The van der Waals surface area contributed by atoms with Crippen LogP contribution in [-0.2, 0) is 19.1 Å². The van der Waals surface area contributed by atoms with Crippen molar-refractivity contribution in [3.63, 3.8) is 0 Å². The maximum atomic E-state index is 14.2. The Kier molecular flexibility index (Phi) is 14.4. The van der Waals surface area contributed by atoms with Crippen LogP contribution in [0.25, 0.3) is 11.3 Å². The van der Waals surface area contributed by atoms with E-state index in [1.54, 1.807) is 6.33 Å². The quantitative estimate of drug-likeness (QED) is 0.105. The SMILES string of the molecule is CC(C)CCC(COC(=O)C(C(=O)OCC(CCC(C)C)C(C)C)C(c1ccccc1)n1cnc(-c2ccccc2)c1)C(C)C. The Morgan fingerprint density at radius 2 is 1.13 bits per heavy atom. The van der Waals surface area contributed by atoms with Gasteiger partial charge < -0.3 is 14.0 Å². The molecule has 0 N–H and O–H groups in total. The molecule has 6 nitrogen and oxygen atoms in total. The molecule has 0 spiro atoms. The first kappa shape index (κ1) is 36.1. The molecule has 0 bridgehead atoms. The summed E-state index contributed by atoms with van der Waals surface area (Å²) in [6, 6.07) is 18.9. The molecular weight excluding hydrogens is 560 g/mol. The first-order valence-electron chi connectivity index (χ1n) is 16.9. The van der Waals surface area contributed by atoms with Gasteiger partial charge in [-0.2, -0.15) is 0 Å². The summed E-state index contributed by atoms with van der Waals surface area (Å²) in [5, 5.41) is 0. The lowest BCUT2D eigenvalue weighted by molar-refractivity contribution is -0.166. The summed E-state index contributed by atoms with van der Waals surface area (Å²) in [5.41, 5.74) is 2.53. The minimum atomic E-state index is -1.19. The number of rotatable bonds is 18. The molecule has 6 heteroatoms. The first-order chi connectivity index (χ1) is 21.5. The van der Waals surface area contributed by atoms with Gasteiger partial charge in [0.15, 0.2) is 5.92 Å². The Morgan fingerprint density at radius 3 is 1.58 bits per heavy atom. The maximum absolute atomic E-state index is 14.2. The topological polar surface area (TPSA) is 70.4 Å². The Labute approximate surface area is 271 Å². The number of benzene rings is 2. The van der Waals surface area contributed by atoms with Gasteiger partial charge in [-0.1, -0.05) is 129 Å². The van der Waals surface area contributed by atoms with Crippen molar-refractivity contribution >= 4 is 11.9 Å². The molecule has 3 atom stereocenters. The van der Waals surface area contributed by atoms with Crippen LogP contribution < -0.4 is 0 Å². The van der Waals surface area contributed by atoms with Crippen molar-refractivity contribution in [2.45, 2.75) is 87.1 Å². The zero-order valence-electron chi connectivity index (χ0n) is 28.8. The lowest BCUT2D eigenvalue weighted by atomic mass is 9.89. The van der Waals surface area contributed by atoms with Crippen molar-refractivity contribution in [1.29, 1.82) is 0 Å². The smallest absolute Gasteiger partial charge is 0.322 e. The molecule has 0 saturated heterocycles. The maximum Gasteiger partial charge on any atom is 0.322 e.